The molecule has 1 N–H and O–H groups in total. The third kappa shape index (κ3) is 2.13. The maximum Gasteiger partial charge on any atom is 0.0764 e. The van der Waals surface area contributed by atoms with Crippen molar-refractivity contribution < 1.29 is 0 Å². The van der Waals surface area contributed by atoms with Crippen molar-refractivity contribution in [3.05, 3.63) is 18.0 Å². The lowest BCUT2D eigenvalue weighted by Gasteiger charge is -2.22. The van der Waals surface area contributed by atoms with Gasteiger partial charge in [-0.2, -0.15) is 5.10 Å². The van der Waals surface area contributed by atoms with Gasteiger partial charge in [-0.1, -0.05) is 0 Å². The Labute approximate surface area is 96.6 Å². The molecule has 1 aromatic heterocycles. The van der Waals surface area contributed by atoms with Crippen LogP contribution in [0, 0.1) is 0 Å². The van der Waals surface area contributed by atoms with Crippen LogP contribution in [0.15, 0.2) is 12.3 Å². The highest BCUT2D eigenvalue weighted by Gasteiger charge is 2.29. The molecule has 0 spiro atoms. The van der Waals surface area contributed by atoms with Crippen molar-refractivity contribution >= 4 is 0 Å². The minimum atomic E-state index is 0.719. The molecule has 0 saturated carbocycles. The van der Waals surface area contributed by atoms with Gasteiger partial charge in [0, 0.05) is 45.0 Å². The second kappa shape index (κ2) is 4.18. The largest absolute Gasteiger partial charge is 0.310 e. The van der Waals surface area contributed by atoms with Crippen molar-refractivity contribution in [1.82, 2.24) is 20.0 Å². The smallest absolute Gasteiger partial charge is 0.0764 e. The Morgan fingerprint density at radius 1 is 1.38 bits per heavy atom. The molecule has 1 aromatic rings. The average Bonchev–Trinajstić information content (AvgIpc) is 2.77. The molecule has 0 aromatic carbocycles. The van der Waals surface area contributed by atoms with Crippen molar-refractivity contribution in [2.75, 3.05) is 13.1 Å². The molecule has 3 rings (SSSR count). The van der Waals surface area contributed by atoms with E-state index in [2.05, 4.69) is 21.4 Å². The van der Waals surface area contributed by atoms with Crippen LogP contribution >= 0.6 is 0 Å². The third-order valence-corrected chi connectivity index (χ3v) is 3.76. The van der Waals surface area contributed by atoms with Gasteiger partial charge in [0.05, 0.1) is 5.69 Å². The van der Waals surface area contributed by atoms with E-state index in [4.69, 9.17) is 0 Å². The van der Waals surface area contributed by atoms with E-state index in [1.165, 1.54) is 38.0 Å². The monoisotopic (exact) mass is 220 g/mol. The summed E-state index contributed by atoms with van der Waals surface area (Å²) >= 11 is 0. The van der Waals surface area contributed by atoms with Gasteiger partial charge >= 0.3 is 0 Å². The first-order chi connectivity index (χ1) is 7.79. The van der Waals surface area contributed by atoms with Crippen molar-refractivity contribution in [1.29, 1.82) is 0 Å². The second-order valence-corrected chi connectivity index (χ2v) is 5.14. The Bertz CT molecular complexity index is 360. The zero-order valence-electron chi connectivity index (χ0n) is 9.89. The molecule has 4 heteroatoms. The maximum atomic E-state index is 4.45. The average molecular weight is 220 g/mol. The van der Waals surface area contributed by atoms with Gasteiger partial charge in [-0.25, -0.2) is 0 Å². The Balaban J connectivity index is 1.63. The first-order valence-corrected chi connectivity index (χ1v) is 6.26. The van der Waals surface area contributed by atoms with E-state index in [-0.39, 0.29) is 0 Å². The van der Waals surface area contributed by atoms with Gasteiger partial charge in [-0.15, -0.1) is 0 Å². The summed E-state index contributed by atoms with van der Waals surface area (Å²) in [7, 11) is 1.98. The number of nitrogens with one attached hydrogen (secondary N) is 1. The summed E-state index contributed by atoms with van der Waals surface area (Å²) in [4.78, 5) is 2.54. The van der Waals surface area contributed by atoms with Crippen LogP contribution in [0.3, 0.4) is 0 Å². The number of hydrogen-bond acceptors (Lipinski definition) is 3. The van der Waals surface area contributed by atoms with Gasteiger partial charge in [0.15, 0.2) is 0 Å². The van der Waals surface area contributed by atoms with Crippen LogP contribution in [-0.2, 0) is 13.6 Å². The van der Waals surface area contributed by atoms with Crippen LogP contribution < -0.4 is 5.32 Å². The van der Waals surface area contributed by atoms with E-state index in [0.29, 0.717) is 0 Å². The molecule has 2 bridgehead atoms. The minimum absolute atomic E-state index is 0.719. The number of rotatable bonds is 2. The maximum absolute atomic E-state index is 4.45. The number of aryl methyl sites for hydroxylation is 1. The summed E-state index contributed by atoms with van der Waals surface area (Å²) in [6.45, 7) is 3.41. The van der Waals surface area contributed by atoms with Crippen molar-refractivity contribution in [2.24, 2.45) is 7.05 Å². The van der Waals surface area contributed by atoms with E-state index in [9.17, 15) is 0 Å². The first kappa shape index (κ1) is 10.3. The van der Waals surface area contributed by atoms with Gasteiger partial charge < -0.3 is 5.32 Å². The molecule has 2 aliphatic heterocycles. The zero-order chi connectivity index (χ0) is 11.0. The number of hydrogen-bond donors (Lipinski definition) is 1. The number of likely N-dealkylation sites (tertiary alicyclic amines) is 1. The van der Waals surface area contributed by atoms with Gasteiger partial charge in [0.25, 0.3) is 0 Å². The summed E-state index contributed by atoms with van der Waals surface area (Å²) < 4.78 is 1.89. The SMILES string of the molecule is Cn1ccc(CN2CCC3CCC(C2)N3)n1. The van der Waals surface area contributed by atoms with Crippen molar-refractivity contribution in [2.45, 2.75) is 37.9 Å². The van der Waals surface area contributed by atoms with Gasteiger partial charge in [0.2, 0.25) is 0 Å². The standard InChI is InChI=1S/C12H20N4/c1-15-6-4-12(14-15)9-16-7-5-10-2-3-11(8-16)13-10/h4,6,10-11,13H,2-3,5,7-9H2,1H3. The van der Waals surface area contributed by atoms with Gasteiger partial charge in [-0.3, -0.25) is 9.58 Å². The van der Waals surface area contributed by atoms with Crippen LogP contribution in [0.2, 0.25) is 0 Å². The highest BCUT2D eigenvalue weighted by molar-refractivity contribution is 5.00. The Morgan fingerprint density at radius 3 is 3.06 bits per heavy atom. The van der Waals surface area contributed by atoms with Gasteiger partial charge in [-0.05, 0) is 25.3 Å². The van der Waals surface area contributed by atoms with E-state index in [1.54, 1.807) is 0 Å². The lowest BCUT2D eigenvalue weighted by Crippen LogP contribution is -2.35. The molecule has 0 aliphatic carbocycles. The molecule has 2 aliphatic rings. The first-order valence-electron chi connectivity index (χ1n) is 6.26. The van der Waals surface area contributed by atoms with E-state index in [1.807, 2.05) is 17.9 Å². The normalized spacial score (nSPS) is 30.6. The van der Waals surface area contributed by atoms with Crippen molar-refractivity contribution in [3.8, 4) is 0 Å². The molecule has 88 valence electrons. The molecule has 16 heavy (non-hydrogen) atoms. The summed E-state index contributed by atoms with van der Waals surface area (Å²) in [5, 5.41) is 8.16. The quantitative estimate of drug-likeness (QED) is 0.798. The molecule has 4 nitrogen and oxygen atoms in total. The van der Waals surface area contributed by atoms with Crippen LogP contribution in [0.1, 0.15) is 25.0 Å². The molecule has 0 radical (unpaired) electrons. The Morgan fingerprint density at radius 2 is 2.25 bits per heavy atom. The van der Waals surface area contributed by atoms with E-state index < -0.39 is 0 Å². The lowest BCUT2D eigenvalue weighted by atomic mass is 10.1. The second-order valence-electron chi connectivity index (χ2n) is 5.14. The zero-order valence-corrected chi connectivity index (χ0v) is 9.89. The number of aromatic nitrogens is 2. The third-order valence-electron chi connectivity index (χ3n) is 3.76. The molecular weight excluding hydrogens is 200 g/mol. The van der Waals surface area contributed by atoms with Crippen LogP contribution in [0.4, 0.5) is 0 Å². The fourth-order valence-electron chi connectivity index (χ4n) is 2.94. The minimum Gasteiger partial charge on any atom is -0.310 e. The Kier molecular flexibility index (Phi) is 2.69. The summed E-state index contributed by atoms with van der Waals surface area (Å²) in [6.07, 6.45) is 6.05. The molecule has 2 unspecified atom stereocenters. The molecular formula is C12H20N4. The van der Waals surface area contributed by atoms with Crippen LogP contribution in [0.25, 0.3) is 0 Å². The fourth-order valence-corrected chi connectivity index (χ4v) is 2.94. The molecule has 2 fully saturated rings. The predicted molar refractivity (Wildman–Crippen MR) is 63.0 cm³/mol. The fraction of sp³-hybridized carbons (Fsp3) is 0.750. The summed E-state index contributed by atoms with van der Waals surface area (Å²) in [5.74, 6) is 0. The summed E-state index contributed by atoms with van der Waals surface area (Å²) in [6, 6.07) is 3.62. The van der Waals surface area contributed by atoms with Gasteiger partial charge in [0.1, 0.15) is 0 Å². The predicted octanol–water partition coefficient (Wildman–Crippen LogP) is 0.746. The molecule has 0 amide bonds. The Hall–Kier alpha value is -0.870. The highest BCUT2D eigenvalue weighted by atomic mass is 15.3. The highest BCUT2D eigenvalue weighted by Crippen LogP contribution is 2.21. The molecule has 3 heterocycles. The topological polar surface area (TPSA) is 33.1 Å². The van der Waals surface area contributed by atoms with Crippen LogP contribution in [-0.4, -0.2) is 39.9 Å². The molecule has 2 saturated heterocycles. The van der Waals surface area contributed by atoms with E-state index >= 15 is 0 Å². The summed E-state index contributed by atoms with van der Waals surface area (Å²) in [5.41, 5.74) is 1.19. The number of fused-ring (bicyclic) bond motifs is 2. The molecule has 2 atom stereocenters. The van der Waals surface area contributed by atoms with E-state index in [0.717, 1.165) is 18.6 Å². The van der Waals surface area contributed by atoms with Crippen LogP contribution in [0.5, 0.6) is 0 Å². The van der Waals surface area contributed by atoms with Crippen molar-refractivity contribution in [3.63, 3.8) is 0 Å². The lowest BCUT2D eigenvalue weighted by molar-refractivity contribution is 0.247. The number of nitrogens with zero attached hydrogens (tertiary/aromatic N) is 3.